The van der Waals surface area contributed by atoms with E-state index in [9.17, 15) is 18.0 Å². The van der Waals surface area contributed by atoms with Crippen molar-refractivity contribution in [3.05, 3.63) is 40.9 Å². The topological polar surface area (TPSA) is 47.9 Å². The predicted molar refractivity (Wildman–Crippen MR) is 99.0 cm³/mol. The first-order valence-electron chi connectivity index (χ1n) is 7.91. The number of thioether (sulfide) groups is 1. The van der Waals surface area contributed by atoms with E-state index in [1.807, 2.05) is 43.3 Å². The van der Waals surface area contributed by atoms with Crippen molar-refractivity contribution in [2.24, 2.45) is 4.99 Å². The van der Waals surface area contributed by atoms with Crippen LogP contribution in [0.1, 0.15) is 12.5 Å². The summed E-state index contributed by atoms with van der Waals surface area (Å²) in [7, 11) is 3.86. The third-order valence-corrected chi connectivity index (χ3v) is 4.44. The summed E-state index contributed by atoms with van der Waals surface area (Å²) in [5.41, 5.74) is 1.14. The Morgan fingerprint density at radius 1 is 1.38 bits per heavy atom. The molecule has 26 heavy (non-hydrogen) atoms. The van der Waals surface area contributed by atoms with E-state index in [0.717, 1.165) is 39.7 Å². The number of benzene rings is 1. The summed E-state index contributed by atoms with van der Waals surface area (Å²) in [6, 6.07) is 7.57. The average Bonchev–Trinajstić information content (AvgIpc) is 3.02. The van der Waals surface area contributed by atoms with Gasteiger partial charge in [0.15, 0.2) is 0 Å². The van der Waals surface area contributed by atoms with Gasteiger partial charge in [-0.3, -0.25) is 9.79 Å². The van der Waals surface area contributed by atoms with Crippen LogP contribution in [-0.2, 0) is 11.2 Å². The fraction of sp³-hybridized carbons (Fsp3) is 0.412. The summed E-state index contributed by atoms with van der Waals surface area (Å²) >= 11 is 1.05. The fourth-order valence-corrected chi connectivity index (χ4v) is 3.13. The maximum atomic E-state index is 12.8. The lowest BCUT2D eigenvalue weighted by molar-refractivity contribution is -0.121. The first kappa shape index (κ1) is 20.2. The summed E-state index contributed by atoms with van der Waals surface area (Å²) in [6.07, 6.45) is -3.74. The fourth-order valence-electron chi connectivity index (χ4n) is 2.26. The number of carbonyl (C=O) groups is 1. The molecule has 9 heteroatoms. The molecule has 1 unspecified atom stereocenters. The number of nitrogens with one attached hydrogen (secondary N) is 1. The molecule has 0 saturated heterocycles. The lowest BCUT2D eigenvalue weighted by Crippen LogP contribution is -2.34. The molecule has 1 aromatic carbocycles. The largest absolute Gasteiger partial charge is 0.432 e. The van der Waals surface area contributed by atoms with Crippen LogP contribution in [0.2, 0.25) is 0 Å². The summed E-state index contributed by atoms with van der Waals surface area (Å²) in [6.45, 7) is 1.61. The van der Waals surface area contributed by atoms with Crippen LogP contribution < -0.4 is 10.2 Å². The van der Waals surface area contributed by atoms with E-state index in [1.165, 1.54) is 0 Å². The van der Waals surface area contributed by atoms with Crippen molar-refractivity contribution >= 4 is 29.7 Å². The minimum atomic E-state index is -4.42. The Bertz CT molecular complexity index is 686. The summed E-state index contributed by atoms with van der Waals surface area (Å²) in [4.78, 5) is 19.0. The first-order chi connectivity index (χ1) is 12.2. The second kappa shape index (κ2) is 8.48. The number of nitrogens with zero attached hydrogens (tertiary/aromatic N) is 3. The molecular formula is C17H21F3N4OS. The van der Waals surface area contributed by atoms with Crippen LogP contribution in [0.3, 0.4) is 0 Å². The van der Waals surface area contributed by atoms with Crippen LogP contribution in [0.5, 0.6) is 0 Å². The van der Waals surface area contributed by atoms with Crippen molar-refractivity contribution < 1.29 is 18.0 Å². The van der Waals surface area contributed by atoms with Gasteiger partial charge < -0.3 is 15.1 Å². The Morgan fingerprint density at radius 2 is 2.04 bits per heavy atom. The van der Waals surface area contributed by atoms with Crippen LogP contribution in [0.4, 0.5) is 18.9 Å². The number of allylic oxidation sites excluding steroid dienone is 1. The normalized spacial score (nSPS) is 15.9. The minimum Gasteiger partial charge on any atom is -0.378 e. The highest BCUT2D eigenvalue weighted by Gasteiger charge is 2.39. The van der Waals surface area contributed by atoms with E-state index >= 15 is 0 Å². The molecule has 2 rings (SSSR count). The van der Waals surface area contributed by atoms with Crippen molar-refractivity contribution in [2.75, 3.05) is 24.9 Å². The van der Waals surface area contributed by atoms with Crippen LogP contribution in [0.15, 0.2) is 40.4 Å². The SMILES string of the molecule is CC(N=CN1CSC=C1C(F)(F)F)NC(=O)Cc1ccc(N(C)C)cc1. The van der Waals surface area contributed by atoms with Gasteiger partial charge in [0.1, 0.15) is 11.9 Å². The Labute approximate surface area is 154 Å². The van der Waals surface area contributed by atoms with Crippen molar-refractivity contribution in [3.8, 4) is 0 Å². The number of aliphatic imine (C=N–C) groups is 1. The molecular weight excluding hydrogens is 365 g/mol. The Kier molecular flexibility index (Phi) is 6.57. The predicted octanol–water partition coefficient (Wildman–Crippen LogP) is 3.20. The maximum Gasteiger partial charge on any atom is 0.432 e. The molecule has 1 heterocycles. The molecule has 1 amide bonds. The highest BCUT2D eigenvalue weighted by Crippen LogP contribution is 2.35. The van der Waals surface area contributed by atoms with Crippen LogP contribution in [0, 0.1) is 0 Å². The maximum absolute atomic E-state index is 12.8. The lowest BCUT2D eigenvalue weighted by Gasteiger charge is -2.19. The second-order valence-electron chi connectivity index (χ2n) is 6.01. The number of amides is 1. The Balaban J connectivity index is 1.86. The molecule has 0 radical (unpaired) electrons. The number of rotatable bonds is 6. The molecule has 0 saturated carbocycles. The molecule has 1 atom stereocenters. The second-order valence-corrected chi connectivity index (χ2v) is 6.84. The van der Waals surface area contributed by atoms with Gasteiger partial charge in [0.25, 0.3) is 0 Å². The van der Waals surface area contributed by atoms with E-state index < -0.39 is 18.0 Å². The first-order valence-corrected chi connectivity index (χ1v) is 8.96. The van der Waals surface area contributed by atoms with Gasteiger partial charge in [0.2, 0.25) is 5.91 Å². The summed E-state index contributed by atoms with van der Waals surface area (Å²) in [5.74, 6) is -0.0910. The standard InChI is InChI=1S/C17H21F3N4OS/c1-12(21-10-24-11-26-9-15(24)17(18,19)20)22-16(25)8-13-4-6-14(7-5-13)23(2)3/h4-7,9-10,12H,8,11H2,1-3H3,(H,22,25). The number of carbonyl (C=O) groups excluding carboxylic acids is 1. The van der Waals surface area contributed by atoms with Crippen LogP contribution >= 0.6 is 11.8 Å². The molecule has 0 aliphatic carbocycles. The molecule has 0 bridgehead atoms. The van der Waals surface area contributed by atoms with Crippen molar-refractivity contribution in [3.63, 3.8) is 0 Å². The molecule has 142 valence electrons. The zero-order valence-corrected chi connectivity index (χ0v) is 15.6. The van der Waals surface area contributed by atoms with E-state index in [1.54, 1.807) is 6.92 Å². The Morgan fingerprint density at radius 3 is 2.62 bits per heavy atom. The van der Waals surface area contributed by atoms with Gasteiger partial charge in [-0.05, 0) is 24.6 Å². The van der Waals surface area contributed by atoms with E-state index in [0.29, 0.717) is 0 Å². The van der Waals surface area contributed by atoms with Gasteiger partial charge >= 0.3 is 6.18 Å². The Hall–Kier alpha value is -2.16. The quantitative estimate of drug-likeness (QED) is 0.603. The molecule has 5 nitrogen and oxygen atoms in total. The van der Waals surface area contributed by atoms with E-state index in [-0.39, 0.29) is 18.2 Å². The number of hydrogen-bond donors (Lipinski definition) is 1. The van der Waals surface area contributed by atoms with Gasteiger partial charge in [0, 0.05) is 25.2 Å². The highest BCUT2D eigenvalue weighted by atomic mass is 32.2. The van der Waals surface area contributed by atoms with Crippen LogP contribution in [-0.4, -0.2) is 49.5 Å². The van der Waals surface area contributed by atoms with Crippen LogP contribution in [0.25, 0.3) is 0 Å². The molecule has 1 N–H and O–H groups in total. The summed E-state index contributed by atoms with van der Waals surface area (Å²) in [5, 5.41) is 3.72. The van der Waals surface area contributed by atoms with Crippen molar-refractivity contribution in [2.45, 2.75) is 25.7 Å². The molecule has 0 spiro atoms. The number of alkyl halides is 3. The zero-order valence-electron chi connectivity index (χ0n) is 14.7. The van der Waals surface area contributed by atoms with Gasteiger partial charge in [-0.15, -0.1) is 11.8 Å². The molecule has 1 aliphatic heterocycles. The number of halogens is 3. The smallest absolute Gasteiger partial charge is 0.378 e. The molecule has 1 aliphatic rings. The number of hydrogen-bond acceptors (Lipinski definition) is 4. The molecule has 0 aromatic heterocycles. The average molecular weight is 386 g/mol. The van der Waals surface area contributed by atoms with E-state index in [4.69, 9.17) is 0 Å². The molecule has 1 aromatic rings. The third-order valence-electron chi connectivity index (χ3n) is 3.63. The monoisotopic (exact) mass is 386 g/mol. The minimum absolute atomic E-state index is 0.150. The lowest BCUT2D eigenvalue weighted by atomic mass is 10.1. The zero-order chi connectivity index (χ0) is 19.3. The van der Waals surface area contributed by atoms with Gasteiger partial charge in [-0.1, -0.05) is 12.1 Å². The van der Waals surface area contributed by atoms with Gasteiger partial charge in [-0.25, -0.2) is 0 Å². The van der Waals surface area contributed by atoms with E-state index in [2.05, 4.69) is 10.3 Å². The molecule has 0 fully saturated rings. The highest BCUT2D eigenvalue weighted by molar-refractivity contribution is 8.02. The van der Waals surface area contributed by atoms with Gasteiger partial charge in [0.05, 0.1) is 18.6 Å². The number of anilines is 1. The van der Waals surface area contributed by atoms with Crippen molar-refractivity contribution in [1.29, 1.82) is 0 Å². The van der Waals surface area contributed by atoms with Gasteiger partial charge in [-0.2, -0.15) is 13.2 Å². The third kappa shape index (κ3) is 5.69. The van der Waals surface area contributed by atoms with Crippen molar-refractivity contribution in [1.82, 2.24) is 10.2 Å². The summed E-state index contributed by atoms with van der Waals surface area (Å²) < 4.78 is 38.4.